The van der Waals surface area contributed by atoms with Gasteiger partial charge in [-0.25, -0.2) is 0 Å². The predicted molar refractivity (Wildman–Crippen MR) is 72.6 cm³/mol. The molecule has 0 spiro atoms. The van der Waals surface area contributed by atoms with Gasteiger partial charge >= 0.3 is 0 Å². The highest BCUT2D eigenvalue weighted by Crippen LogP contribution is 2.27. The molecule has 1 aliphatic rings. The van der Waals surface area contributed by atoms with Gasteiger partial charge in [0.1, 0.15) is 5.75 Å². The minimum atomic E-state index is 0.884. The molecule has 0 heterocycles. The Kier molecular flexibility index (Phi) is 4.47. The van der Waals surface area contributed by atoms with Crippen LogP contribution in [0.1, 0.15) is 49.7 Å². The zero-order chi connectivity index (χ0) is 12.1. The summed E-state index contributed by atoms with van der Waals surface area (Å²) in [4.78, 5) is 0. The van der Waals surface area contributed by atoms with Crippen molar-refractivity contribution in [2.24, 2.45) is 5.92 Å². The van der Waals surface area contributed by atoms with Gasteiger partial charge in [-0.1, -0.05) is 44.2 Å². The van der Waals surface area contributed by atoms with E-state index in [0.717, 1.165) is 18.3 Å². The van der Waals surface area contributed by atoms with Gasteiger partial charge in [-0.15, -0.1) is 0 Å². The predicted octanol–water partition coefficient (Wildman–Crippen LogP) is 4.65. The molecule has 0 aliphatic heterocycles. The van der Waals surface area contributed by atoms with Crippen molar-refractivity contribution in [3.63, 3.8) is 0 Å². The number of rotatable bonds is 4. The summed E-state index contributed by atoms with van der Waals surface area (Å²) in [6, 6.07) is 6.44. The summed E-state index contributed by atoms with van der Waals surface area (Å²) in [5, 5.41) is 0. The zero-order valence-corrected chi connectivity index (χ0v) is 11.2. The van der Waals surface area contributed by atoms with E-state index in [2.05, 4.69) is 32.0 Å². The minimum absolute atomic E-state index is 0.884. The van der Waals surface area contributed by atoms with E-state index >= 15 is 0 Å². The lowest BCUT2D eigenvalue weighted by Crippen LogP contribution is -2.11. The average molecular weight is 232 g/mol. The third-order valence-corrected chi connectivity index (χ3v) is 3.85. The second kappa shape index (κ2) is 6.09. The monoisotopic (exact) mass is 232 g/mol. The van der Waals surface area contributed by atoms with Crippen molar-refractivity contribution in [3.8, 4) is 5.75 Å². The molecule has 0 amide bonds. The molecule has 0 N–H and O–H groups in total. The molecule has 0 saturated heterocycles. The molecule has 1 heteroatoms. The molecule has 0 atom stereocenters. The largest absolute Gasteiger partial charge is 0.493 e. The van der Waals surface area contributed by atoms with Crippen molar-refractivity contribution in [2.75, 3.05) is 6.61 Å². The van der Waals surface area contributed by atoms with Crippen molar-refractivity contribution in [2.45, 2.75) is 52.4 Å². The first-order valence-electron chi connectivity index (χ1n) is 6.96. The number of hydrogen-bond acceptors (Lipinski definition) is 1. The van der Waals surface area contributed by atoms with Gasteiger partial charge < -0.3 is 4.74 Å². The molecule has 1 aliphatic carbocycles. The first-order valence-corrected chi connectivity index (χ1v) is 6.96. The number of hydrogen-bond donors (Lipinski definition) is 0. The molecule has 17 heavy (non-hydrogen) atoms. The van der Waals surface area contributed by atoms with E-state index in [1.807, 2.05) is 0 Å². The first kappa shape index (κ1) is 12.5. The highest BCUT2D eigenvalue weighted by Gasteiger charge is 2.13. The lowest BCUT2D eigenvalue weighted by atomic mass is 9.87. The molecule has 0 aromatic heterocycles. The van der Waals surface area contributed by atoms with Crippen LogP contribution in [-0.2, 0) is 0 Å². The molecule has 1 aromatic carbocycles. The molecular weight excluding hydrogens is 208 g/mol. The Balaban J connectivity index is 1.79. The molecule has 1 aromatic rings. The summed E-state index contributed by atoms with van der Waals surface area (Å²) in [5.41, 5.74) is 2.53. The minimum Gasteiger partial charge on any atom is -0.493 e. The van der Waals surface area contributed by atoms with Crippen LogP contribution in [0.25, 0.3) is 0 Å². The van der Waals surface area contributed by atoms with Crippen LogP contribution >= 0.6 is 0 Å². The lowest BCUT2D eigenvalue weighted by molar-refractivity contribution is 0.245. The van der Waals surface area contributed by atoms with Crippen molar-refractivity contribution in [1.82, 2.24) is 0 Å². The first-order chi connectivity index (χ1) is 8.25. The smallest absolute Gasteiger partial charge is 0.122 e. The van der Waals surface area contributed by atoms with Crippen LogP contribution in [0.2, 0.25) is 0 Å². The lowest BCUT2D eigenvalue weighted by Gasteiger charge is -2.21. The normalized spacial score (nSPS) is 17.1. The number of aryl methyl sites for hydroxylation is 2. The molecule has 1 nitrogen and oxygen atoms in total. The van der Waals surface area contributed by atoms with E-state index < -0.39 is 0 Å². The van der Waals surface area contributed by atoms with Gasteiger partial charge in [-0.05, 0) is 43.4 Å². The van der Waals surface area contributed by atoms with Crippen molar-refractivity contribution in [3.05, 3.63) is 29.3 Å². The summed E-state index contributed by atoms with van der Waals surface area (Å²) in [6.45, 7) is 5.12. The average Bonchev–Trinajstić information content (AvgIpc) is 2.35. The quantitative estimate of drug-likeness (QED) is 0.734. The standard InChI is InChI=1S/C16H24O/c1-13-8-9-14(2)16(12-13)17-11-10-15-6-4-3-5-7-15/h8-9,12,15H,3-7,10-11H2,1-2H3. The van der Waals surface area contributed by atoms with Crippen LogP contribution in [0.4, 0.5) is 0 Å². The Morgan fingerprint density at radius 3 is 2.65 bits per heavy atom. The summed E-state index contributed by atoms with van der Waals surface area (Å²) in [6.07, 6.45) is 8.34. The van der Waals surface area contributed by atoms with E-state index in [-0.39, 0.29) is 0 Å². The fourth-order valence-corrected chi connectivity index (χ4v) is 2.67. The Morgan fingerprint density at radius 1 is 1.12 bits per heavy atom. The summed E-state index contributed by atoms with van der Waals surface area (Å²) in [7, 11) is 0. The van der Waals surface area contributed by atoms with Crippen LogP contribution in [0, 0.1) is 19.8 Å². The van der Waals surface area contributed by atoms with E-state index in [1.165, 1.54) is 49.7 Å². The van der Waals surface area contributed by atoms with Crippen LogP contribution in [0.15, 0.2) is 18.2 Å². The topological polar surface area (TPSA) is 9.23 Å². The van der Waals surface area contributed by atoms with Crippen LogP contribution < -0.4 is 4.74 Å². The fourth-order valence-electron chi connectivity index (χ4n) is 2.67. The van der Waals surface area contributed by atoms with Crippen LogP contribution in [0.3, 0.4) is 0 Å². The van der Waals surface area contributed by atoms with Gasteiger partial charge in [0.25, 0.3) is 0 Å². The van der Waals surface area contributed by atoms with Crippen LogP contribution in [-0.4, -0.2) is 6.61 Å². The molecule has 1 saturated carbocycles. The molecule has 0 radical (unpaired) electrons. The van der Waals surface area contributed by atoms with E-state index in [0.29, 0.717) is 0 Å². The Hall–Kier alpha value is -0.980. The van der Waals surface area contributed by atoms with Crippen molar-refractivity contribution in [1.29, 1.82) is 0 Å². The Morgan fingerprint density at radius 2 is 1.88 bits per heavy atom. The molecule has 2 rings (SSSR count). The Labute approximate surface area is 105 Å². The van der Waals surface area contributed by atoms with Gasteiger partial charge in [0.05, 0.1) is 6.61 Å². The second-order valence-corrected chi connectivity index (χ2v) is 5.41. The third kappa shape index (κ3) is 3.76. The van der Waals surface area contributed by atoms with E-state index in [4.69, 9.17) is 4.74 Å². The molecule has 1 fully saturated rings. The van der Waals surface area contributed by atoms with Crippen LogP contribution in [0.5, 0.6) is 5.75 Å². The number of benzene rings is 1. The Bertz CT molecular complexity index is 351. The molecule has 94 valence electrons. The summed E-state index contributed by atoms with van der Waals surface area (Å²) >= 11 is 0. The van der Waals surface area contributed by atoms with Crippen molar-refractivity contribution < 1.29 is 4.74 Å². The molecule has 0 bridgehead atoms. The molecule has 0 unspecified atom stereocenters. The van der Waals surface area contributed by atoms with Gasteiger partial charge in [-0.2, -0.15) is 0 Å². The van der Waals surface area contributed by atoms with Crippen molar-refractivity contribution >= 4 is 0 Å². The van der Waals surface area contributed by atoms with E-state index in [1.54, 1.807) is 0 Å². The third-order valence-electron chi connectivity index (χ3n) is 3.85. The second-order valence-electron chi connectivity index (χ2n) is 5.41. The zero-order valence-electron chi connectivity index (χ0n) is 11.2. The molecular formula is C16H24O. The van der Waals surface area contributed by atoms with Gasteiger partial charge in [0, 0.05) is 0 Å². The maximum absolute atomic E-state index is 5.92. The van der Waals surface area contributed by atoms with E-state index in [9.17, 15) is 0 Å². The summed E-state index contributed by atoms with van der Waals surface area (Å²) in [5.74, 6) is 1.98. The van der Waals surface area contributed by atoms with Gasteiger partial charge in [0.15, 0.2) is 0 Å². The van der Waals surface area contributed by atoms with Gasteiger partial charge in [0.2, 0.25) is 0 Å². The SMILES string of the molecule is Cc1ccc(C)c(OCCC2CCCCC2)c1. The summed E-state index contributed by atoms with van der Waals surface area (Å²) < 4.78 is 5.92. The maximum Gasteiger partial charge on any atom is 0.122 e. The fraction of sp³-hybridized carbons (Fsp3) is 0.625. The van der Waals surface area contributed by atoms with Gasteiger partial charge in [-0.3, -0.25) is 0 Å². The maximum atomic E-state index is 5.92. The highest BCUT2D eigenvalue weighted by molar-refractivity contribution is 5.35. The highest BCUT2D eigenvalue weighted by atomic mass is 16.5. The number of ether oxygens (including phenoxy) is 1.